The Hall–Kier alpha value is -4.57. The third-order valence-corrected chi connectivity index (χ3v) is 6.95. The zero-order valence-electron chi connectivity index (χ0n) is 23.9. The van der Waals surface area contributed by atoms with E-state index in [0.717, 1.165) is 47.8 Å². The second-order valence-electron chi connectivity index (χ2n) is 10.9. The molecule has 4 heterocycles. The van der Waals surface area contributed by atoms with Crippen LogP contribution in [0.1, 0.15) is 46.1 Å². The lowest BCUT2D eigenvalue weighted by molar-refractivity contribution is 0.261. The van der Waals surface area contributed by atoms with Crippen LogP contribution in [0.3, 0.4) is 0 Å². The summed E-state index contributed by atoms with van der Waals surface area (Å²) >= 11 is 0. The lowest BCUT2D eigenvalue weighted by atomic mass is 9.93. The monoisotopic (exact) mass is 555 g/mol. The fraction of sp³-hybridized carbons (Fsp3) is 0.290. The van der Waals surface area contributed by atoms with E-state index in [1.54, 1.807) is 18.3 Å². The maximum Gasteiger partial charge on any atom is 0.325 e. The van der Waals surface area contributed by atoms with E-state index in [1.807, 2.05) is 55.8 Å². The Kier molecular flexibility index (Phi) is 7.85. The Labute approximate surface area is 238 Å². The standard InChI is InChI=1S/C31H34FN7O2/c1-6-38(7-2)19-23-14-20(10-12-33-23)21-11-13-39-26(18-34-29(39)16-21)22-8-9-25(24(32)15-22)35-30(40)36-28-17-27(41-37-28)31(3,4)5/h8-18H,6-7,19H2,1-5H3,(H2,35,36,37,40). The topological polar surface area (TPSA) is 101 Å². The third kappa shape index (κ3) is 6.28. The lowest BCUT2D eigenvalue weighted by Crippen LogP contribution is -2.22. The summed E-state index contributed by atoms with van der Waals surface area (Å²) in [6, 6.07) is 13.8. The number of anilines is 2. The van der Waals surface area contributed by atoms with Crippen molar-refractivity contribution in [3.05, 3.63) is 84.4 Å². The van der Waals surface area contributed by atoms with Gasteiger partial charge in [-0.05, 0) is 60.6 Å². The molecule has 0 aliphatic carbocycles. The van der Waals surface area contributed by atoms with Crippen LogP contribution in [0.4, 0.5) is 20.7 Å². The zero-order chi connectivity index (χ0) is 29.1. The van der Waals surface area contributed by atoms with Crippen molar-refractivity contribution in [2.75, 3.05) is 23.7 Å². The summed E-state index contributed by atoms with van der Waals surface area (Å²) in [5.74, 6) is 0.308. The van der Waals surface area contributed by atoms with Gasteiger partial charge in [-0.15, -0.1) is 0 Å². The third-order valence-electron chi connectivity index (χ3n) is 6.95. The molecule has 41 heavy (non-hydrogen) atoms. The molecule has 4 aromatic heterocycles. The SMILES string of the molecule is CCN(CC)Cc1cc(-c2ccn3c(-c4ccc(NC(=O)Nc5cc(C(C)(C)C)on5)c(F)c4)cnc3c2)ccn1. The average molecular weight is 556 g/mol. The van der Waals surface area contributed by atoms with Crippen molar-refractivity contribution >= 4 is 23.2 Å². The van der Waals surface area contributed by atoms with Crippen LogP contribution in [0.2, 0.25) is 0 Å². The predicted octanol–water partition coefficient (Wildman–Crippen LogP) is 6.97. The first-order valence-corrected chi connectivity index (χ1v) is 13.6. The summed E-state index contributed by atoms with van der Waals surface area (Å²) in [5, 5.41) is 8.96. The number of benzene rings is 1. The van der Waals surface area contributed by atoms with E-state index in [-0.39, 0.29) is 16.9 Å². The van der Waals surface area contributed by atoms with E-state index in [9.17, 15) is 4.79 Å². The van der Waals surface area contributed by atoms with Crippen LogP contribution < -0.4 is 10.6 Å². The van der Waals surface area contributed by atoms with E-state index in [2.05, 4.69) is 50.6 Å². The van der Waals surface area contributed by atoms with Crippen molar-refractivity contribution in [2.45, 2.75) is 46.6 Å². The van der Waals surface area contributed by atoms with Crippen molar-refractivity contribution in [2.24, 2.45) is 0 Å². The van der Waals surface area contributed by atoms with E-state index < -0.39 is 11.8 Å². The number of pyridine rings is 2. The largest absolute Gasteiger partial charge is 0.359 e. The highest BCUT2D eigenvalue weighted by Gasteiger charge is 2.20. The number of rotatable bonds is 8. The summed E-state index contributed by atoms with van der Waals surface area (Å²) in [7, 11) is 0. The van der Waals surface area contributed by atoms with Gasteiger partial charge in [0, 0.05) is 36.0 Å². The second-order valence-corrected chi connectivity index (χ2v) is 10.9. The van der Waals surface area contributed by atoms with Crippen molar-refractivity contribution < 1.29 is 13.7 Å². The molecule has 212 valence electrons. The molecule has 9 nitrogen and oxygen atoms in total. The van der Waals surface area contributed by atoms with Crippen molar-refractivity contribution in [3.8, 4) is 22.4 Å². The Morgan fingerprint density at radius 2 is 1.76 bits per heavy atom. The van der Waals surface area contributed by atoms with Crippen molar-refractivity contribution in [3.63, 3.8) is 0 Å². The lowest BCUT2D eigenvalue weighted by Gasteiger charge is -2.17. The fourth-order valence-electron chi connectivity index (χ4n) is 4.53. The first kappa shape index (κ1) is 28.0. The molecule has 2 amide bonds. The minimum atomic E-state index is -0.621. The zero-order valence-corrected chi connectivity index (χ0v) is 23.9. The second kappa shape index (κ2) is 11.5. The van der Waals surface area contributed by atoms with Gasteiger partial charge in [0.05, 0.1) is 23.3 Å². The molecule has 0 saturated carbocycles. The van der Waals surface area contributed by atoms with Gasteiger partial charge in [0.15, 0.2) is 5.82 Å². The van der Waals surface area contributed by atoms with Crippen LogP contribution in [0.25, 0.3) is 28.0 Å². The van der Waals surface area contributed by atoms with Gasteiger partial charge >= 0.3 is 6.03 Å². The molecule has 0 spiro atoms. The number of imidazole rings is 1. The van der Waals surface area contributed by atoms with Gasteiger partial charge < -0.3 is 9.84 Å². The number of amides is 2. The molecule has 0 aliphatic rings. The minimum absolute atomic E-state index is 0.0418. The van der Waals surface area contributed by atoms with E-state index in [4.69, 9.17) is 4.52 Å². The molecule has 10 heteroatoms. The van der Waals surface area contributed by atoms with Gasteiger partial charge in [-0.2, -0.15) is 0 Å². The fourth-order valence-corrected chi connectivity index (χ4v) is 4.53. The van der Waals surface area contributed by atoms with Gasteiger partial charge in [0.25, 0.3) is 0 Å². The molecule has 0 aliphatic heterocycles. The van der Waals surface area contributed by atoms with Gasteiger partial charge in [0.1, 0.15) is 17.2 Å². The number of urea groups is 1. The molecule has 5 aromatic rings. The van der Waals surface area contributed by atoms with Crippen LogP contribution in [-0.2, 0) is 12.0 Å². The van der Waals surface area contributed by atoms with Gasteiger partial charge in [-0.1, -0.05) is 45.8 Å². The number of hydrogen-bond acceptors (Lipinski definition) is 6. The maximum atomic E-state index is 15.1. The molecule has 0 fully saturated rings. The first-order valence-electron chi connectivity index (χ1n) is 13.6. The predicted molar refractivity (Wildman–Crippen MR) is 158 cm³/mol. The summed E-state index contributed by atoms with van der Waals surface area (Å²) in [5.41, 5.74) is 5.00. The Morgan fingerprint density at radius 1 is 0.976 bits per heavy atom. The Bertz CT molecular complexity index is 1680. The van der Waals surface area contributed by atoms with Gasteiger partial charge in [-0.25, -0.2) is 14.2 Å². The molecule has 0 bridgehead atoms. The molecule has 0 radical (unpaired) electrons. The summed E-state index contributed by atoms with van der Waals surface area (Å²) in [6.07, 6.45) is 5.48. The van der Waals surface area contributed by atoms with Crippen LogP contribution >= 0.6 is 0 Å². The highest BCUT2D eigenvalue weighted by atomic mass is 19.1. The Morgan fingerprint density at radius 3 is 2.46 bits per heavy atom. The van der Waals surface area contributed by atoms with E-state index >= 15 is 4.39 Å². The molecule has 2 N–H and O–H groups in total. The normalized spacial score (nSPS) is 11.8. The number of aromatic nitrogens is 4. The highest BCUT2D eigenvalue weighted by molar-refractivity contribution is 5.99. The van der Waals surface area contributed by atoms with Gasteiger partial charge in [0.2, 0.25) is 0 Å². The summed E-state index contributed by atoms with van der Waals surface area (Å²) in [4.78, 5) is 23.9. The first-order chi connectivity index (χ1) is 19.6. The van der Waals surface area contributed by atoms with Gasteiger partial charge in [-0.3, -0.25) is 19.6 Å². The van der Waals surface area contributed by atoms with Crippen molar-refractivity contribution in [1.82, 2.24) is 24.4 Å². The molecule has 5 rings (SSSR count). The number of carbonyl (C=O) groups is 1. The number of hydrogen-bond donors (Lipinski definition) is 2. The molecule has 1 aromatic carbocycles. The number of fused-ring (bicyclic) bond motifs is 1. The summed E-state index contributed by atoms with van der Waals surface area (Å²) < 4.78 is 22.2. The van der Waals surface area contributed by atoms with E-state index in [1.165, 1.54) is 12.1 Å². The Balaban J connectivity index is 1.31. The number of halogens is 1. The highest BCUT2D eigenvalue weighted by Crippen LogP contribution is 2.28. The number of nitrogens with one attached hydrogen (secondary N) is 2. The van der Waals surface area contributed by atoms with Crippen LogP contribution in [0.5, 0.6) is 0 Å². The minimum Gasteiger partial charge on any atom is -0.359 e. The van der Waals surface area contributed by atoms with Crippen LogP contribution in [0, 0.1) is 5.82 Å². The smallest absolute Gasteiger partial charge is 0.325 e. The van der Waals surface area contributed by atoms with Crippen molar-refractivity contribution in [1.29, 1.82) is 0 Å². The summed E-state index contributed by atoms with van der Waals surface area (Å²) in [6.45, 7) is 13.0. The molecular formula is C31H34FN7O2. The maximum absolute atomic E-state index is 15.1. The average Bonchev–Trinajstić information content (AvgIpc) is 3.60. The van der Waals surface area contributed by atoms with E-state index in [0.29, 0.717) is 11.3 Å². The molecule has 0 saturated heterocycles. The van der Waals surface area contributed by atoms with Crippen LogP contribution in [0.15, 0.2) is 71.6 Å². The number of nitrogens with zero attached hydrogens (tertiary/aromatic N) is 5. The number of carbonyl (C=O) groups excluding carboxylic acids is 1. The molecule has 0 unspecified atom stereocenters. The van der Waals surface area contributed by atoms with Crippen LogP contribution in [-0.4, -0.2) is 43.5 Å². The molecule has 0 atom stereocenters. The quantitative estimate of drug-likeness (QED) is 0.214. The molecular weight excluding hydrogens is 521 g/mol.